The van der Waals surface area contributed by atoms with Crippen LogP contribution < -0.4 is 0 Å². The highest BCUT2D eigenvalue weighted by atomic mass is 35.5. The van der Waals surface area contributed by atoms with E-state index in [1.165, 1.54) is 5.56 Å². The van der Waals surface area contributed by atoms with Crippen molar-refractivity contribution in [3.63, 3.8) is 0 Å². The Hall–Kier alpha value is -1.60. The molecule has 1 nitrogen and oxygen atoms in total. The second-order valence-electron chi connectivity index (χ2n) is 5.45. The molecule has 0 radical (unpaired) electrons. The predicted molar refractivity (Wildman–Crippen MR) is 89.1 cm³/mol. The van der Waals surface area contributed by atoms with E-state index in [4.69, 9.17) is 11.6 Å². The fourth-order valence-electron chi connectivity index (χ4n) is 2.39. The molecule has 0 fully saturated rings. The topological polar surface area (TPSA) is 17.1 Å². The minimum Gasteiger partial charge on any atom is -0.294 e. The summed E-state index contributed by atoms with van der Waals surface area (Å²) in [6, 6.07) is 15.8. The number of aryl methyl sites for hydroxylation is 2. The van der Waals surface area contributed by atoms with Crippen molar-refractivity contribution >= 4 is 17.4 Å². The molecule has 0 saturated carbocycles. The van der Waals surface area contributed by atoms with Gasteiger partial charge in [-0.3, -0.25) is 4.79 Å². The highest BCUT2D eigenvalue weighted by Crippen LogP contribution is 2.20. The van der Waals surface area contributed by atoms with Crippen LogP contribution in [0, 0.1) is 5.92 Å². The average Bonchev–Trinajstić information content (AvgIpc) is 2.53. The summed E-state index contributed by atoms with van der Waals surface area (Å²) in [5.41, 5.74) is 3.18. The summed E-state index contributed by atoms with van der Waals surface area (Å²) in [5, 5.41) is 0.782. The second kappa shape index (κ2) is 7.42. The molecular formula is C19H21ClO. The van der Waals surface area contributed by atoms with E-state index in [1.54, 1.807) is 0 Å². The molecule has 0 bridgehead atoms. The molecule has 0 amide bonds. The lowest BCUT2D eigenvalue weighted by atomic mass is 9.92. The van der Waals surface area contributed by atoms with Crippen molar-refractivity contribution in [1.82, 2.24) is 0 Å². The van der Waals surface area contributed by atoms with Gasteiger partial charge < -0.3 is 0 Å². The Morgan fingerprint density at radius 3 is 2.38 bits per heavy atom. The maximum absolute atomic E-state index is 12.4. The number of hydrogen-bond donors (Lipinski definition) is 0. The molecule has 2 rings (SSSR count). The summed E-state index contributed by atoms with van der Waals surface area (Å²) >= 11 is 6.15. The van der Waals surface area contributed by atoms with Crippen LogP contribution in [-0.2, 0) is 12.8 Å². The number of rotatable bonds is 6. The number of ketones is 1. The van der Waals surface area contributed by atoms with Crippen LogP contribution in [0.5, 0.6) is 0 Å². The molecule has 0 aromatic heterocycles. The van der Waals surface area contributed by atoms with Crippen molar-refractivity contribution in [3.8, 4) is 0 Å². The van der Waals surface area contributed by atoms with Crippen LogP contribution in [0.3, 0.4) is 0 Å². The van der Waals surface area contributed by atoms with Crippen molar-refractivity contribution in [1.29, 1.82) is 0 Å². The van der Waals surface area contributed by atoms with Crippen LogP contribution in [0.25, 0.3) is 0 Å². The molecule has 0 aliphatic rings. The molecule has 0 saturated heterocycles. The summed E-state index contributed by atoms with van der Waals surface area (Å²) in [6.07, 6.45) is 2.65. The first-order valence-corrected chi connectivity index (χ1v) is 7.86. The fraction of sp³-hybridized carbons (Fsp3) is 0.316. The van der Waals surface area contributed by atoms with E-state index < -0.39 is 0 Å². The van der Waals surface area contributed by atoms with E-state index in [0.29, 0.717) is 0 Å². The zero-order valence-corrected chi connectivity index (χ0v) is 13.4. The molecule has 0 N–H and O–H groups in total. The molecule has 0 aliphatic carbocycles. The standard InChI is InChI=1S/C19H21ClO/c1-3-15-9-12-17(13-10-15)19(21)14(2)8-11-16-6-4-5-7-18(16)20/h4-7,9-10,12-14H,3,8,11H2,1-2H3. The maximum atomic E-state index is 12.4. The van der Waals surface area contributed by atoms with Gasteiger partial charge in [0.1, 0.15) is 0 Å². The monoisotopic (exact) mass is 300 g/mol. The van der Waals surface area contributed by atoms with E-state index in [2.05, 4.69) is 6.92 Å². The van der Waals surface area contributed by atoms with Crippen molar-refractivity contribution < 1.29 is 4.79 Å². The number of carbonyl (C=O) groups excluding carboxylic acids is 1. The van der Waals surface area contributed by atoms with E-state index in [0.717, 1.165) is 35.4 Å². The minimum absolute atomic E-state index is 0.00810. The number of carbonyl (C=O) groups is 1. The van der Waals surface area contributed by atoms with Crippen LogP contribution in [0.1, 0.15) is 41.8 Å². The van der Waals surface area contributed by atoms with Crippen LogP contribution in [0.15, 0.2) is 48.5 Å². The number of halogens is 1. The first kappa shape index (κ1) is 15.8. The first-order valence-electron chi connectivity index (χ1n) is 7.48. The van der Waals surface area contributed by atoms with Gasteiger partial charge in [0, 0.05) is 16.5 Å². The van der Waals surface area contributed by atoms with Gasteiger partial charge in [0.25, 0.3) is 0 Å². The largest absolute Gasteiger partial charge is 0.294 e. The Balaban J connectivity index is 1.97. The molecule has 21 heavy (non-hydrogen) atoms. The van der Waals surface area contributed by atoms with E-state index in [9.17, 15) is 4.79 Å². The molecule has 2 aromatic rings. The molecule has 0 aliphatic heterocycles. The van der Waals surface area contributed by atoms with Crippen molar-refractivity contribution in [3.05, 3.63) is 70.2 Å². The van der Waals surface area contributed by atoms with Crippen molar-refractivity contribution in [2.75, 3.05) is 0 Å². The molecule has 1 unspecified atom stereocenters. The zero-order valence-electron chi connectivity index (χ0n) is 12.6. The Morgan fingerprint density at radius 1 is 1.10 bits per heavy atom. The smallest absolute Gasteiger partial charge is 0.165 e. The van der Waals surface area contributed by atoms with Crippen LogP contribution >= 0.6 is 11.6 Å². The number of Topliss-reactive ketones (excluding diaryl/α,β-unsaturated/α-hetero) is 1. The predicted octanol–water partition coefficient (Wildman–Crippen LogP) is 5.35. The Labute approximate surface area is 132 Å². The van der Waals surface area contributed by atoms with Crippen molar-refractivity contribution in [2.45, 2.75) is 33.1 Å². The Kier molecular flexibility index (Phi) is 5.58. The molecule has 1 atom stereocenters. The van der Waals surface area contributed by atoms with E-state index in [1.807, 2.05) is 55.5 Å². The van der Waals surface area contributed by atoms with Gasteiger partial charge in [0.05, 0.1) is 0 Å². The third-order valence-corrected chi connectivity index (χ3v) is 4.27. The van der Waals surface area contributed by atoms with Gasteiger partial charge in [-0.25, -0.2) is 0 Å². The van der Waals surface area contributed by atoms with Gasteiger partial charge in [-0.15, -0.1) is 0 Å². The van der Waals surface area contributed by atoms with Gasteiger partial charge in [0.2, 0.25) is 0 Å². The quantitative estimate of drug-likeness (QED) is 0.657. The van der Waals surface area contributed by atoms with Gasteiger partial charge in [0.15, 0.2) is 5.78 Å². The summed E-state index contributed by atoms with van der Waals surface area (Å²) < 4.78 is 0. The zero-order chi connectivity index (χ0) is 15.2. The molecule has 110 valence electrons. The highest BCUT2D eigenvalue weighted by Gasteiger charge is 2.15. The molecule has 0 heterocycles. The average molecular weight is 301 g/mol. The number of benzene rings is 2. The molecule has 2 aromatic carbocycles. The summed E-state index contributed by atoms with van der Waals surface area (Å²) in [4.78, 5) is 12.4. The van der Waals surface area contributed by atoms with Gasteiger partial charge in [-0.1, -0.05) is 67.9 Å². The molecule has 0 spiro atoms. The Morgan fingerprint density at radius 2 is 1.76 bits per heavy atom. The van der Waals surface area contributed by atoms with E-state index in [-0.39, 0.29) is 11.7 Å². The lowest BCUT2D eigenvalue weighted by Crippen LogP contribution is -2.12. The lowest BCUT2D eigenvalue weighted by Gasteiger charge is -2.11. The fourth-order valence-corrected chi connectivity index (χ4v) is 2.62. The van der Waals surface area contributed by atoms with E-state index >= 15 is 0 Å². The van der Waals surface area contributed by atoms with Gasteiger partial charge in [-0.05, 0) is 36.5 Å². The van der Waals surface area contributed by atoms with Crippen LogP contribution in [0.4, 0.5) is 0 Å². The maximum Gasteiger partial charge on any atom is 0.165 e. The van der Waals surface area contributed by atoms with Crippen LogP contribution in [-0.4, -0.2) is 5.78 Å². The molecule has 2 heteroatoms. The first-order chi connectivity index (χ1) is 10.1. The third kappa shape index (κ3) is 4.18. The number of hydrogen-bond acceptors (Lipinski definition) is 1. The second-order valence-corrected chi connectivity index (χ2v) is 5.85. The van der Waals surface area contributed by atoms with Gasteiger partial charge in [-0.2, -0.15) is 0 Å². The van der Waals surface area contributed by atoms with Crippen LogP contribution in [0.2, 0.25) is 5.02 Å². The summed E-state index contributed by atoms with van der Waals surface area (Å²) in [5.74, 6) is 0.221. The SMILES string of the molecule is CCc1ccc(C(=O)C(C)CCc2ccccc2Cl)cc1. The normalized spacial score (nSPS) is 12.1. The van der Waals surface area contributed by atoms with Gasteiger partial charge >= 0.3 is 0 Å². The van der Waals surface area contributed by atoms with Crippen molar-refractivity contribution in [2.24, 2.45) is 5.92 Å². The Bertz CT molecular complexity index is 601. The highest BCUT2D eigenvalue weighted by molar-refractivity contribution is 6.31. The summed E-state index contributed by atoms with van der Waals surface area (Å²) in [7, 11) is 0. The lowest BCUT2D eigenvalue weighted by molar-refractivity contribution is 0.0924. The summed E-state index contributed by atoms with van der Waals surface area (Å²) in [6.45, 7) is 4.11. The molecular weight excluding hydrogens is 280 g/mol. The minimum atomic E-state index is 0.00810. The third-order valence-electron chi connectivity index (χ3n) is 3.90.